The molecule has 1 heterocycles. The standard InChI is InChI=1S/C15H17BrN2O3S/c16-11-5-14(22-9-11)12(19)7-18-6-10-3-1-2-4-13(10)21-8-15(17)20/h1-5,9,12,18-19H,6-8H2,(H2,17,20). The fraction of sp³-hybridized carbons (Fsp3) is 0.267. The quantitative estimate of drug-likeness (QED) is 0.651. The lowest BCUT2D eigenvalue weighted by atomic mass is 10.2. The third kappa shape index (κ3) is 5.10. The van der Waals surface area contributed by atoms with Crippen molar-refractivity contribution in [2.24, 2.45) is 5.73 Å². The second-order valence-electron chi connectivity index (χ2n) is 4.68. The summed E-state index contributed by atoms with van der Waals surface area (Å²) < 4.78 is 6.33. The van der Waals surface area contributed by atoms with E-state index in [2.05, 4.69) is 21.2 Å². The van der Waals surface area contributed by atoms with Gasteiger partial charge in [-0.3, -0.25) is 4.79 Å². The summed E-state index contributed by atoms with van der Waals surface area (Å²) in [5, 5.41) is 15.2. The molecule has 1 aromatic heterocycles. The summed E-state index contributed by atoms with van der Waals surface area (Å²) in [7, 11) is 0. The third-order valence-electron chi connectivity index (χ3n) is 2.91. The van der Waals surface area contributed by atoms with Crippen molar-refractivity contribution >= 4 is 33.2 Å². The van der Waals surface area contributed by atoms with E-state index in [0.717, 1.165) is 14.9 Å². The van der Waals surface area contributed by atoms with E-state index in [4.69, 9.17) is 10.5 Å². The number of carbonyl (C=O) groups is 1. The normalized spacial score (nSPS) is 12.1. The molecule has 0 spiro atoms. The number of primary amides is 1. The zero-order chi connectivity index (χ0) is 15.9. The summed E-state index contributed by atoms with van der Waals surface area (Å²) in [5.74, 6) is 0.101. The molecule has 7 heteroatoms. The largest absolute Gasteiger partial charge is 0.483 e. The highest BCUT2D eigenvalue weighted by Gasteiger charge is 2.10. The number of nitrogens with one attached hydrogen (secondary N) is 1. The molecule has 0 aliphatic rings. The van der Waals surface area contributed by atoms with Gasteiger partial charge in [-0.2, -0.15) is 0 Å². The van der Waals surface area contributed by atoms with Crippen LogP contribution in [0.25, 0.3) is 0 Å². The first-order valence-corrected chi connectivity index (χ1v) is 8.35. The van der Waals surface area contributed by atoms with E-state index >= 15 is 0 Å². The molecule has 0 aliphatic heterocycles. The molecule has 2 rings (SSSR count). The van der Waals surface area contributed by atoms with Crippen molar-refractivity contribution in [2.75, 3.05) is 13.2 Å². The average Bonchev–Trinajstić information content (AvgIpc) is 2.92. The molecule has 2 aromatic rings. The second kappa shape index (κ2) is 8.28. The summed E-state index contributed by atoms with van der Waals surface area (Å²) in [6, 6.07) is 9.31. The molecule has 0 radical (unpaired) electrons. The minimum absolute atomic E-state index is 0.150. The molecule has 1 amide bonds. The van der Waals surface area contributed by atoms with Crippen molar-refractivity contribution in [3.63, 3.8) is 0 Å². The predicted octanol–water partition coefficient (Wildman–Crippen LogP) is 2.20. The molecular weight excluding hydrogens is 368 g/mol. The van der Waals surface area contributed by atoms with Crippen LogP contribution in [0.15, 0.2) is 40.2 Å². The molecule has 5 nitrogen and oxygen atoms in total. The molecule has 1 unspecified atom stereocenters. The molecule has 0 saturated heterocycles. The maximum Gasteiger partial charge on any atom is 0.255 e. The number of nitrogens with two attached hydrogens (primary N) is 1. The summed E-state index contributed by atoms with van der Waals surface area (Å²) in [6.07, 6.45) is -0.560. The van der Waals surface area contributed by atoms with Gasteiger partial charge in [0.1, 0.15) is 11.9 Å². The van der Waals surface area contributed by atoms with Gasteiger partial charge in [-0.05, 0) is 28.1 Å². The Bertz CT molecular complexity index is 633. The second-order valence-corrected chi connectivity index (χ2v) is 6.54. The molecule has 0 bridgehead atoms. The Balaban J connectivity index is 1.87. The molecule has 22 heavy (non-hydrogen) atoms. The Hall–Kier alpha value is -1.41. The number of benzene rings is 1. The van der Waals surface area contributed by atoms with Crippen LogP contribution in [0.3, 0.4) is 0 Å². The van der Waals surface area contributed by atoms with Crippen molar-refractivity contribution in [1.29, 1.82) is 0 Å². The molecule has 0 saturated carbocycles. The molecular formula is C15H17BrN2O3S. The van der Waals surface area contributed by atoms with Gasteiger partial charge in [0.15, 0.2) is 6.61 Å². The first-order chi connectivity index (χ1) is 10.6. The Morgan fingerprint density at radius 2 is 2.23 bits per heavy atom. The maximum absolute atomic E-state index is 10.8. The summed E-state index contributed by atoms with van der Waals surface area (Å²) >= 11 is 4.87. The minimum Gasteiger partial charge on any atom is -0.483 e. The number of carbonyl (C=O) groups excluding carboxylic acids is 1. The Kier molecular flexibility index (Phi) is 6.38. The van der Waals surface area contributed by atoms with Gasteiger partial charge in [0.05, 0.1) is 0 Å². The van der Waals surface area contributed by atoms with Crippen LogP contribution in [-0.4, -0.2) is 24.2 Å². The average molecular weight is 385 g/mol. The number of ether oxygens (including phenoxy) is 1. The van der Waals surface area contributed by atoms with Gasteiger partial charge in [-0.15, -0.1) is 11.3 Å². The molecule has 118 valence electrons. The monoisotopic (exact) mass is 384 g/mol. The van der Waals surface area contributed by atoms with Crippen LogP contribution in [0.2, 0.25) is 0 Å². The molecule has 1 atom stereocenters. The smallest absolute Gasteiger partial charge is 0.255 e. The van der Waals surface area contributed by atoms with E-state index in [1.54, 1.807) is 6.07 Å². The van der Waals surface area contributed by atoms with E-state index in [1.807, 2.05) is 29.6 Å². The van der Waals surface area contributed by atoms with Gasteiger partial charge in [0.2, 0.25) is 0 Å². The number of rotatable bonds is 8. The van der Waals surface area contributed by atoms with Crippen LogP contribution in [0.1, 0.15) is 16.5 Å². The van der Waals surface area contributed by atoms with E-state index in [0.29, 0.717) is 18.8 Å². The van der Waals surface area contributed by atoms with Gasteiger partial charge in [-0.25, -0.2) is 0 Å². The molecule has 1 aromatic carbocycles. The molecule has 0 fully saturated rings. The summed E-state index contributed by atoms with van der Waals surface area (Å²) in [5.41, 5.74) is 5.99. The van der Waals surface area contributed by atoms with Crippen LogP contribution < -0.4 is 15.8 Å². The van der Waals surface area contributed by atoms with Gasteiger partial charge < -0.3 is 20.9 Å². The zero-order valence-electron chi connectivity index (χ0n) is 11.8. The fourth-order valence-corrected chi connectivity index (χ4v) is 3.32. The van der Waals surface area contributed by atoms with Crippen molar-refractivity contribution in [1.82, 2.24) is 5.32 Å². The Morgan fingerprint density at radius 3 is 2.91 bits per heavy atom. The van der Waals surface area contributed by atoms with Crippen LogP contribution in [0.4, 0.5) is 0 Å². The topological polar surface area (TPSA) is 84.6 Å². The van der Waals surface area contributed by atoms with Gasteiger partial charge in [-0.1, -0.05) is 18.2 Å². The number of aliphatic hydroxyl groups excluding tert-OH is 1. The van der Waals surface area contributed by atoms with E-state index in [9.17, 15) is 9.90 Å². The SMILES string of the molecule is NC(=O)COc1ccccc1CNCC(O)c1cc(Br)cs1. The Labute approximate surface area is 141 Å². The first kappa shape index (κ1) is 17.0. The highest BCUT2D eigenvalue weighted by atomic mass is 79.9. The highest BCUT2D eigenvalue weighted by Crippen LogP contribution is 2.25. The fourth-order valence-electron chi connectivity index (χ4n) is 1.89. The Morgan fingerprint density at radius 1 is 1.45 bits per heavy atom. The van der Waals surface area contributed by atoms with Crippen molar-refractivity contribution in [2.45, 2.75) is 12.6 Å². The number of hydrogen-bond donors (Lipinski definition) is 3. The van der Waals surface area contributed by atoms with Gasteiger partial charge in [0.25, 0.3) is 5.91 Å². The van der Waals surface area contributed by atoms with Gasteiger partial charge in [0, 0.05) is 33.4 Å². The van der Waals surface area contributed by atoms with E-state index < -0.39 is 12.0 Å². The van der Waals surface area contributed by atoms with Crippen molar-refractivity contribution in [3.8, 4) is 5.75 Å². The lowest BCUT2D eigenvalue weighted by molar-refractivity contribution is -0.119. The van der Waals surface area contributed by atoms with Gasteiger partial charge >= 0.3 is 0 Å². The number of halogens is 1. The zero-order valence-corrected chi connectivity index (χ0v) is 14.2. The van der Waals surface area contributed by atoms with Crippen LogP contribution >= 0.6 is 27.3 Å². The first-order valence-electron chi connectivity index (χ1n) is 6.68. The predicted molar refractivity (Wildman–Crippen MR) is 89.8 cm³/mol. The maximum atomic E-state index is 10.8. The lowest BCUT2D eigenvalue weighted by Gasteiger charge is -2.13. The number of hydrogen-bond acceptors (Lipinski definition) is 5. The van der Waals surface area contributed by atoms with E-state index in [-0.39, 0.29) is 6.61 Å². The lowest BCUT2D eigenvalue weighted by Crippen LogP contribution is -2.22. The highest BCUT2D eigenvalue weighted by molar-refractivity contribution is 9.10. The third-order valence-corrected chi connectivity index (χ3v) is 4.71. The van der Waals surface area contributed by atoms with Crippen LogP contribution in [-0.2, 0) is 11.3 Å². The van der Waals surface area contributed by atoms with Crippen molar-refractivity contribution in [3.05, 3.63) is 50.6 Å². The molecule has 0 aliphatic carbocycles. The van der Waals surface area contributed by atoms with Crippen LogP contribution in [0.5, 0.6) is 5.75 Å². The van der Waals surface area contributed by atoms with Crippen molar-refractivity contribution < 1.29 is 14.6 Å². The number of amides is 1. The number of aliphatic hydroxyl groups is 1. The number of para-hydroxylation sites is 1. The summed E-state index contributed by atoms with van der Waals surface area (Å²) in [4.78, 5) is 11.7. The number of thiophene rings is 1. The molecule has 4 N–H and O–H groups in total. The summed E-state index contributed by atoms with van der Waals surface area (Å²) in [6.45, 7) is 0.804. The van der Waals surface area contributed by atoms with E-state index in [1.165, 1.54) is 11.3 Å². The minimum atomic E-state index is -0.560. The van der Waals surface area contributed by atoms with Crippen LogP contribution in [0, 0.1) is 0 Å².